The van der Waals surface area contributed by atoms with E-state index in [0.717, 1.165) is 5.70 Å². The van der Waals surface area contributed by atoms with Crippen LogP contribution in [0.4, 0.5) is 5.69 Å². The van der Waals surface area contributed by atoms with Crippen LogP contribution in [-0.2, 0) is 14.3 Å². The zero-order chi connectivity index (χ0) is 26.2. The summed E-state index contributed by atoms with van der Waals surface area (Å²) in [6.45, 7) is 6.02. The topological polar surface area (TPSA) is 91.1 Å². The number of anilines is 1. The van der Waals surface area contributed by atoms with Crippen molar-refractivity contribution in [3.05, 3.63) is 75.7 Å². The van der Waals surface area contributed by atoms with Crippen LogP contribution >= 0.6 is 11.6 Å². The monoisotopic (exact) mass is 510 g/mol. The van der Waals surface area contributed by atoms with Gasteiger partial charge in [-0.3, -0.25) is 9.69 Å². The number of methoxy groups -OCH3 is 2. The third kappa shape index (κ3) is 4.55. The molecule has 190 valence electrons. The molecule has 0 aromatic heterocycles. The van der Waals surface area contributed by atoms with E-state index < -0.39 is 11.9 Å². The van der Waals surface area contributed by atoms with Crippen molar-refractivity contribution in [3.63, 3.8) is 0 Å². The highest BCUT2D eigenvalue weighted by Gasteiger charge is 2.46. The molecule has 2 aromatic carbocycles. The Labute approximate surface area is 216 Å². The predicted molar refractivity (Wildman–Crippen MR) is 139 cm³/mol. The average molecular weight is 511 g/mol. The van der Waals surface area contributed by atoms with Gasteiger partial charge in [-0.1, -0.05) is 31.5 Å². The molecule has 0 radical (unpaired) electrons. The Morgan fingerprint density at radius 1 is 1.08 bits per heavy atom. The first-order chi connectivity index (χ1) is 17.1. The Bertz CT molecular complexity index is 1260. The number of hydrogen-bond donors (Lipinski definition) is 1. The van der Waals surface area contributed by atoms with Crippen molar-refractivity contribution in [2.75, 3.05) is 25.7 Å². The van der Waals surface area contributed by atoms with E-state index in [9.17, 15) is 9.59 Å². The first-order valence-corrected chi connectivity index (χ1v) is 12.2. The molecule has 0 saturated heterocycles. The van der Waals surface area contributed by atoms with Gasteiger partial charge < -0.3 is 19.9 Å². The maximum Gasteiger partial charge on any atom is 0.338 e. The summed E-state index contributed by atoms with van der Waals surface area (Å²) in [5.41, 5.74) is 9.42. The molecule has 0 saturated carbocycles. The number of allylic oxidation sites excluding steroid dienone is 2. The van der Waals surface area contributed by atoms with Gasteiger partial charge in [-0.05, 0) is 60.7 Å². The summed E-state index contributed by atoms with van der Waals surface area (Å²) in [5, 5.41) is 0.571. The number of ether oxygens (including phenoxy) is 3. The lowest BCUT2D eigenvalue weighted by molar-refractivity contribution is -0.138. The number of Topliss-reactive ketones (excluding diaryl/α,β-unsaturated/α-hetero) is 1. The van der Waals surface area contributed by atoms with E-state index in [1.54, 1.807) is 50.3 Å². The summed E-state index contributed by atoms with van der Waals surface area (Å²) in [7, 11) is 3.09. The number of rotatable bonds is 6. The van der Waals surface area contributed by atoms with Crippen LogP contribution in [-0.4, -0.2) is 32.6 Å². The molecular weight excluding hydrogens is 480 g/mol. The molecule has 4 rings (SSSR count). The van der Waals surface area contributed by atoms with E-state index in [4.69, 9.17) is 31.5 Å². The summed E-state index contributed by atoms with van der Waals surface area (Å²) in [5.74, 6) is -0.0690. The Kier molecular flexibility index (Phi) is 7.05. The number of nitrogens with two attached hydrogens (primary N) is 1. The summed E-state index contributed by atoms with van der Waals surface area (Å²) < 4.78 is 16.4. The summed E-state index contributed by atoms with van der Waals surface area (Å²) >= 11 is 6.15. The van der Waals surface area contributed by atoms with Crippen LogP contribution in [0.2, 0.25) is 5.02 Å². The number of benzene rings is 2. The van der Waals surface area contributed by atoms with Gasteiger partial charge >= 0.3 is 5.97 Å². The number of carbonyl (C=O) groups excluding carboxylic acids is 2. The highest BCUT2D eigenvalue weighted by Crippen LogP contribution is 2.51. The minimum absolute atomic E-state index is 0.0331. The zero-order valence-electron chi connectivity index (χ0n) is 21.2. The van der Waals surface area contributed by atoms with Gasteiger partial charge in [-0.25, -0.2) is 4.79 Å². The maximum atomic E-state index is 13.8. The number of ketones is 1. The molecule has 8 heteroatoms. The third-order valence-electron chi connectivity index (χ3n) is 6.58. The number of nitrogens with zero attached hydrogens (tertiary/aromatic N) is 1. The second kappa shape index (κ2) is 9.90. The number of halogens is 1. The van der Waals surface area contributed by atoms with E-state index in [1.165, 1.54) is 0 Å². The maximum absolute atomic E-state index is 13.8. The number of esters is 1. The minimum Gasteiger partial charge on any atom is -0.493 e. The van der Waals surface area contributed by atoms with Gasteiger partial charge in [0.1, 0.15) is 5.82 Å². The first kappa shape index (κ1) is 25.6. The van der Waals surface area contributed by atoms with E-state index >= 15 is 0 Å². The highest BCUT2D eigenvalue weighted by molar-refractivity contribution is 6.30. The van der Waals surface area contributed by atoms with Crippen molar-refractivity contribution in [2.45, 2.75) is 39.5 Å². The second-order valence-electron chi connectivity index (χ2n) is 9.68. The molecule has 0 spiro atoms. The summed E-state index contributed by atoms with van der Waals surface area (Å²) in [4.78, 5) is 29.0. The molecule has 0 unspecified atom stereocenters. The summed E-state index contributed by atoms with van der Waals surface area (Å²) in [6, 6.07) is 12.5. The number of carbonyl (C=O) groups is 2. The lowest BCUT2D eigenvalue weighted by Gasteiger charge is -2.44. The Balaban J connectivity index is 2.03. The first-order valence-electron chi connectivity index (χ1n) is 11.8. The smallest absolute Gasteiger partial charge is 0.338 e. The van der Waals surface area contributed by atoms with E-state index in [-0.39, 0.29) is 29.2 Å². The fourth-order valence-corrected chi connectivity index (χ4v) is 5.20. The molecule has 1 aliphatic carbocycles. The van der Waals surface area contributed by atoms with E-state index in [2.05, 4.69) is 13.8 Å². The Morgan fingerprint density at radius 3 is 2.36 bits per heavy atom. The van der Waals surface area contributed by atoms with Crippen molar-refractivity contribution < 1.29 is 23.8 Å². The fraction of sp³-hybridized carbons (Fsp3) is 0.357. The van der Waals surface area contributed by atoms with Crippen molar-refractivity contribution >= 4 is 29.0 Å². The molecule has 2 N–H and O–H groups in total. The van der Waals surface area contributed by atoms with Crippen LogP contribution in [0.3, 0.4) is 0 Å². The van der Waals surface area contributed by atoms with Gasteiger partial charge in [-0.2, -0.15) is 0 Å². The van der Waals surface area contributed by atoms with Gasteiger partial charge in [-0.15, -0.1) is 0 Å². The van der Waals surface area contributed by atoms with Crippen LogP contribution < -0.4 is 20.1 Å². The molecule has 0 amide bonds. The van der Waals surface area contributed by atoms with E-state index in [0.29, 0.717) is 46.2 Å². The molecular formula is C28H31ClN2O5. The fourth-order valence-electron chi connectivity index (χ4n) is 5.07. The van der Waals surface area contributed by atoms with Crippen LogP contribution in [0.5, 0.6) is 11.5 Å². The lowest BCUT2D eigenvalue weighted by Crippen LogP contribution is -2.43. The Morgan fingerprint density at radius 2 is 1.75 bits per heavy atom. The van der Waals surface area contributed by atoms with Crippen molar-refractivity contribution in [3.8, 4) is 11.5 Å². The largest absolute Gasteiger partial charge is 0.493 e. The molecule has 0 bridgehead atoms. The van der Waals surface area contributed by atoms with Crippen LogP contribution in [0.1, 0.15) is 45.1 Å². The SMILES string of the molecule is CCOC(=O)C1=C(N)N(c2ccc(Cl)cc2)C2=C(C(=O)CC(C)(C)C2)[C@H]1c1ccc(OC)c(OC)c1. The molecule has 1 heterocycles. The van der Waals surface area contributed by atoms with Crippen LogP contribution in [0.15, 0.2) is 65.1 Å². The zero-order valence-corrected chi connectivity index (χ0v) is 21.9. The quantitative estimate of drug-likeness (QED) is 0.524. The second-order valence-corrected chi connectivity index (χ2v) is 10.1. The van der Waals surface area contributed by atoms with Crippen molar-refractivity contribution in [2.24, 2.45) is 11.1 Å². The molecule has 7 nitrogen and oxygen atoms in total. The molecule has 2 aromatic rings. The molecule has 1 aliphatic heterocycles. The molecule has 2 aliphatic rings. The normalized spacial score (nSPS) is 19.2. The van der Waals surface area contributed by atoms with Crippen molar-refractivity contribution in [1.29, 1.82) is 0 Å². The number of hydrogen-bond acceptors (Lipinski definition) is 7. The standard InChI is InChI=1S/C28H31ClN2O5/c1-6-36-27(33)25-23(16-7-12-21(34-4)22(13-16)35-5)24-19(14-28(2,3)15-20(24)32)31(26(25)30)18-10-8-17(29)9-11-18/h7-13,23H,6,14-15,30H2,1-5H3/t23-/m1/s1. The van der Waals surface area contributed by atoms with Gasteiger partial charge in [0.15, 0.2) is 17.3 Å². The van der Waals surface area contributed by atoms with Crippen molar-refractivity contribution in [1.82, 2.24) is 0 Å². The predicted octanol–water partition coefficient (Wildman–Crippen LogP) is 5.34. The highest BCUT2D eigenvalue weighted by atomic mass is 35.5. The van der Waals surface area contributed by atoms with Gasteiger partial charge in [0.2, 0.25) is 0 Å². The van der Waals surface area contributed by atoms with Crippen LogP contribution in [0, 0.1) is 5.41 Å². The minimum atomic E-state index is -0.717. The third-order valence-corrected chi connectivity index (χ3v) is 6.83. The van der Waals surface area contributed by atoms with E-state index in [1.807, 2.05) is 18.2 Å². The molecule has 0 fully saturated rings. The Hall–Kier alpha value is -3.45. The van der Waals surface area contributed by atoms with Gasteiger partial charge in [0, 0.05) is 28.4 Å². The van der Waals surface area contributed by atoms with Gasteiger partial charge in [0.25, 0.3) is 0 Å². The molecule has 1 atom stereocenters. The van der Waals surface area contributed by atoms with Gasteiger partial charge in [0.05, 0.1) is 32.3 Å². The van der Waals surface area contributed by atoms with Crippen LogP contribution in [0.25, 0.3) is 0 Å². The average Bonchev–Trinajstić information content (AvgIpc) is 2.83. The lowest BCUT2D eigenvalue weighted by atomic mass is 9.68. The molecule has 36 heavy (non-hydrogen) atoms. The summed E-state index contributed by atoms with van der Waals surface area (Å²) in [6.07, 6.45) is 0.942.